The van der Waals surface area contributed by atoms with Crippen LogP contribution in [0.25, 0.3) is 5.76 Å². The molecule has 1 atom stereocenters. The minimum absolute atomic E-state index is 0.0235. The molecule has 2 N–H and O–H groups in total. The Hall–Kier alpha value is -3.32. The minimum Gasteiger partial charge on any atom is -0.507 e. The molecule has 1 fully saturated rings. The number of likely N-dealkylation sites (tertiary alicyclic amines) is 1. The van der Waals surface area contributed by atoms with E-state index in [-0.39, 0.29) is 24.5 Å². The van der Waals surface area contributed by atoms with E-state index in [9.17, 15) is 19.8 Å². The number of methoxy groups -OCH3 is 1. The van der Waals surface area contributed by atoms with Crippen molar-refractivity contribution in [3.63, 3.8) is 0 Å². The Balaban J connectivity index is 2.04. The normalized spacial score (nSPS) is 17.8. The van der Waals surface area contributed by atoms with E-state index in [1.807, 2.05) is 6.92 Å². The molecule has 1 aliphatic heterocycles. The van der Waals surface area contributed by atoms with Crippen molar-refractivity contribution in [1.82, 2.24) is 4.90 Å². The Morgan fingerprint density at radius 2 is 1.68 bits per heavy atom. The number of nitrogens with zero attached hydrogens (tertiary/aromatic N) is 1. The van der Waals surface area contributed by atoms with Gasteiger partial charge in [-0.25, -0.2) is 0 Å². The quantitative estimate of drug-likeness (QED) is 0.364. The van der Waals surface area contributed by atoms with Gasteiger partial charge in [0.1, 0.15) is 17.3 Å². The highest BCUT2D eigenvalue weighted by Crippen LogP contribution is 2.40. The van der Waals surface area contributed by atoms with Crippen molar-refractivity contribution in [3.8, 4) is 11.5 Å². The topological polar surface area (TPSA) is 96.3 Å². The molecule has 2 aromatic carbocycles. The monoisotopic (exact) mass is 425 g/mol. The molecule has 0 unspecified atom stereocenters. The average Bonchev–Trinajstić information content (AvgIpc) is 3.06. The first-order chi connectivity index (χ1) is 15.0. The van der Waals surface area contributed by atoms with Crippen LogP contribution in [-0.2, 0) is 9.59 Å². The van der Waals surface area contributed by atoms with Crippen LogP contribution in [0.1, 0.15) is 36.9 Å². The molecule has 164 valence electrons. The highest BCUT2D eigenvalue weighted by atomic mass is 16.5. The maximum Gasteiger partial charge on any atom is 0.295 e. The first-order valence-corrected chi connectivity index (χ1v) is 10.3. The fourth-order valence-electron chi connectivity index (χ4n) is 3.57. The van der Waals surface area contributed by atoms with Crippen LogP contribution in [0.3, 0.4) is 0 Å². The summed E-state index contributed by atoms with van der Waals surface area (Å²) in [6.45, 7) is 2.67. The van der Waals surface area contributed by atoms with E-state index in [4.69, 9.17) is 9.47 Å². The van der Waals surface area contributed by atoms with Gasteiger partial charge >= 0.3 is 0 Å². The summed E-state index contributed by atoms with van der Waals surface area (Å²) in [6, 6.07) is 13.0. The Labute approximate surface area is 181 Å². The van der Waals surface area contributed by atoms with Gasteiger partial charge in [0.2, 0.25) is 0 Å². The van der Waals surface area contributed by atoms with Gasteiger partial charge in [0.05, 0.1) is 25.3 Å². The predicted molar refractivity (Wildman–Crippen MR) is 116 cm³/mol. The van der Waals surface area contributed by atoms with Gasteiger partial charge in [0, 0.05) is 18.7 Å². The molecule has 2 aromatic rings. The second kappa shape index (κ2) is 10.1. The van der Waals surface area contributed by atoms with E-state index in [2.05, 4.69) is 0 Å². The largest absolute Gasteiger partial charge is 0.507 e. The summed E-state index contributed by atoms with van der Waals surface area (Å²) in [5.74, 6) is -0.388. The van der Waals surface area contributed by atoms with Crippen molar-refractivity contribution < 1.29 is 29.3 Å². The third-order valence-electron chi connectivity index (χ3n) is 5.13. The summed E-state index contributed by atoms with van der Waals surface area (Å²) >= 11 is 0. The lowest BCUT2D eigenvalue weighted by atomic mass is 9.95. The van der Waals surface area contributed by atoms with Crippen molar-refractivity contribution in [1.29, 1.82) is 0 Å². The van der Waals surface area contributed by atoms with Crippen molar-refractivity contribution in [2.75, 3.05) is 26.9 Å². The van der Waals surface area contributed by atoms with Crippen LogP contribution in [0.5, 0.6) is 11.5 Å². The first kappa shape index (κ1) is 22.4. The van der Waals surface area contributed by atoms with Gasteiger partial charge < -0.3 is 24.6 Å². The van der Waals surface area contributed by atoms with Gasteiger partial charge in [0.15, 0.2) is 0 Å². The van der Waals surface area contributed by atoms with Crippen LogP contribution in [0.4, 0.5) is 0 Å². The molecule has 31 heavy (non-hydrogen) atoms. The zero-order valence-corrected chi connectivity index (χ0v) is 17.7. The molecule has 7 heteroatoms. The Morgan fingerprint density at radius 1 is 1.03 bits per heavy atom. The molecular formula is C24H27NO6. The summed E-state index contributed by atoms with van der Waals surface area (Å²) in [7, 11) is 1.55. The van der Waals surface area contributed by atoms with E-state index in [1.165, 1.54) is 4.90 Å². The van der Waals surface area contributed by atoms with Crippen LogP contribution in [0.15, 0.2) is 54.1 Å². The number of hydrogen-bond donors (Lipinski definition) is 2. The number of ether oxygens (including phenoxy) is 2. The van der Waals surface area contributed by atoms with Crippen LogP contribution >= 0.6 is 0 Å². The summed E-state index contributed by atoms with van der Waals surface area (Å²) in [5.41, 5.74) is 1.11. The molecule has 0 spiro atoms. The lowest BCUT2D eigenvalue weighted by molar-refractivity contribution is -0.140. The van der Waals surface area contributed by atoms with E-state index in [1.54, 1.807) is 55.6 Å². The minimum atomic E-state index is -0.756. The standard InChI is InChI=1S/C24H27NO6/c1-3-15-31-19-11-7-17(8-12-19)22(27)20-21(16-5-9-18(30-2)10-6-16)25(13-4-14-26)24(29)23(20)28/h5-12,21,26-27H,3-4,13-15H2,1-2H3/t21-/m0/s1. The maximum absolute atomic E-state index is 12.9. The number of aliphatic hydroxyl groups is 2. The second-order valence-electron chi connectivity index (χ2n) is 7.22. The zero-order valence-electron chi connectivity index (χ0n) is 17.7. The molecule has 0 aromatic heterocycles. The number of amides is 1. The van der Waals surface area contributed by atoms with Crippen LogP contribution < -0.4 is 9.47 Å². The third-order valence-corrected chi connectivity index (χ3v) is 5.13. The van der Waals surface area contributed by atoms with Crippen molar-refractivity contribution >= 4 is 17.4 Å². The molecule has 7 nitrogen and oxygen atoms in total. The molecule has 1 saturated heterocycles. The van der Waals surface area contributed by atoms with Crippen molar-refractivity contribution in [2.24, 2.45) is 0 Å². The molecular weight excluding hydrogens is 398 g/mol. The molecule has 1 heterocycles. The number of Topliss-reactive ketones (excluding diaryl/α,β-unsaturated/α-hetero) is 1. The van der Waals surface area contributed by atoms with E-state index < -0.39 is 17.7 Å². The van der Waals surface area contributed by atoms with Crippen LogP contribution in [0.2, 0.25) is 0 Å². The number of carbonyl (C=O) groups excluding carboxylic acids is 2. The number of carbonyl (C=O) groups is 2. The number of ketones is 1. The average molecular weight is 425 g/mol. The van der Waals surface area contributed by atoms with E-state index in [0.717, 1.165) is 6.42 Å². The van der Waals surface area contributed by atoms with Crippen molar-refractivity contribution in [3.05, 3.63) is 65.2 Å². The molecule has 0 saturated carbocycles. The molecule has 1 aliphatic rings. The summed E-state index contributed by atoms with van der Waals surface area (Å²) in [6.07, 6.45) is 1.20. The lowest BCUT2D eigenvalue weighted by Gasteiger charge is -2.25. The lowest BCUT2D eigenvalue weighted by Crippen LogP contribution is -2.31. The van der Waals surface area contributed by atoms with Gasteiger partial charge in [0.25, 0.3) is 11.7 Å². The smallest absolute Gasteiger partial charge is 0.295 e. The highest BCUT2D eigenvalue weighted by molar-refractivity contribution is 6.46. The van der Waals surface area contributed by atoms with Crippen LogP contribution in [-0.4, -0.2) is 53.7 Å². The molecule has 0 bridgehead atoms. The fraction of sp³-hybridized carbons (Fsp3) is 0.333. The highest BCUT2D eigenvalue weighted by Gasteiger charge is 2.45. The molecule has 3 rings (SSSR count). The number of hydrogen-bond acceptors (Lipinski definition) is 6. The van der Waals surface area contributed by atoms with Gasteiger partial charge in [-0.05, 0) is 54.8 Å². The molecule has 0 aliphatic carbocycles. The van der Waals surface area contributed by atoms with Crippen LogP contribution in [0, 0.1) is 0 Å². The second-order valence-corrected chi connectivity index (χ2v) is 7.22. The summed E-state index contributed by atoms with van der Waals surface area (Å²) in [5, 5.41) is 20.2. The number of aliphatic hydroxyl groups excluding tert-OH is 2. The maximum atomic E-state index is 12.9. The van der Waals surface area contributed by atoms with Gasteiger partial charge in [-0.3, -0.25) is 9.59 Å². The van der Waals surface area contributed by atoms with Gasteiger partial charge in [-0.2, -0.15) is 0 Å². The SMILES string of the molecule is CCCOc1ccc(C(O)=C2C(=O)C(=O)N(CCCO)[C@H]2c2ccc(OC)cc2)cc1. The van der Waals surface area contributed by atoms with E-state index in [0.29, 0.717) is 35.7 Å². The molecule has 1 amide bonds. The van der Waals surface area contributed by atoms with Crippen molar-refractivity contribution in [2.45, 2.75) is 25.8 Å². The summed E-state index contributed by atoms with van der Waals surface area (Å²) < 4.78 is 10.8. The number of benzene rings is 2. The summed E-state index contributed by atoms with van der Waals surface area (Å²) in [4.78, 5) is 27.0. The van der Waals surface area contributed by atoms with Gasteiger partial charge in [-0.15, -0.1) is 0 Å². The predicted octanol–water partition coefficient (Wildman–Crippen LogP) is 3.29. The van der Waals surface area contributed by atoms with Gasteiger partial charge in [-0.1, -0.05) is 19.1 Å². The first-order valence-electron chi connectivity index (χ1n) is 10.3. The fourth-order valence-corrected chi connectivity index (χ4v) is 3.57. The third kappa shape index (κ3) is 4.72. The number of rotatable bonds is 9. The zero-order chi connectivity index (χ0) is 22.4. The Kier molecular flexibility index (Phi) is 7.31. The molecule has 0 radical (unpaired) electrons. The van der Waals surface area contributed by atoms with E-state index >= 15 is 0 Å². The Morgan fingerprint density at radius 3 is 2.26 bits per heavy atom. The Bertz CT molecular complexity index is 949.